The lowest BCUT2D eigenvalue weighted by molar-refractivity contribution is -0.145. The SMILES string of the molecule is CCN(CC(C)C(=O)OC)C(=O)c1cc(S(=O)(=O)N(CC)CC)ccc1F. The third-order valence-corrected chi connectivity index (χ3v) is 6.32. The summed E-state index contributed by atoms with van der Waals surface area (Å²) in [6.07, 6.45) is 0. The van der Waals surface area contributed by atoms with E-state index in [0.29, 0.717) is 0 Å². The minimum absolute atomic E-state index is 0.0362. The van der Waals surface area contributed by atoms with Crippen molar-refractivity contribution in [3.8, 4) is 0 Å². The van der Waals surface area contributed by atoms with Crippen LogP contribution in [0.25, 0.3) is 0 Å². The summed E-state index contributed by atoms with van der Waals surface area (Å²) in [7, 11) is -2.58. The Hall–Kier alpha value is -2.00. The molecular weight excluding hydrogens is 375 g/mol. The molecule has 0 spiro atoms. The Balaban J connectivity index is 3.25. The maximum absolute atomic E-state index is 14.3. The first-order chi connectivity index (χ1) is 12.6. The molecule has 1 atom stereocenters. The Morgan fingerprint density at radius 1 is 1.15 bits per heavy atom. The second kappa shape index (κ2) is 9.80. The van der Waals surface area contributed by atoms with E-state index in [1.54, 1.807) is 27.7 Å². The average Bonchev–Trinajstić information content (AvgIpc) is 2.65. The summed E-state index contributed by atoms with van der Waals surface area (Å²) in [6.45, 7) is 7.47. The number of sulfonamides is 1. The second-order valence-electron chi connectivity index (χ2n) is 6.00. The van der Waals surface area contributed by atoms with Crippen molar-refractivity contribution in [1.82, 2.24) is 9.21 Å². The molecule has 27 heavy (non-hydrogen) atoms. The Morgan fingerprint density at radius 3 is 2.22 bits per heavy atom. The normalized spacial score (nSPS) is 12.7. The Labute approximate surface area is 160 Å². The summed E-state index contributed by atoms with van der Waals surface area (Å²) in [4.78, 5) is 25.5. The van der Waals surface area contributed by atoms with Crippen LogP contribution < -0.4 is 0 Å². The molecule has 0 radical (unpaired) electrons. The predicted molar refractivity (Wildman–Crippen MR) is 99.3 cm³/mol. The molecule has 1 rings (SSSR count). The van der Waals surface area contributed by atoms with E-state index in [1.165, 1.54) is 16.3 Å². The zero-order valence-electron chi connectivity index (χ0n) is 16.4. The van der Waals surface area contributed by atoms with E-state index in [4.69, 9.17) is 0 Å². The molecule has 0 bridgehead atoms. The number of hydrogen-bond acceptors (Lipinski definition) is 5. The number of halogens is 1. The van der Waals surface area contributed by atoms with Gasteiger partial charge in [0.25, 0.3) is 5.91 Å². The molecule has 0 saturated heterocycles. The van der Waals surface area contributed by atoms with Gasteiger partial charge in [-0.2, -0.15) is 4.31 Å². The number of carbonyl (C=O) groups is 2. The van der Waals surface area contributed by atoms with Crippen LogP contribution in [0.2, 0.25) is 0 Å². The van der Waals surface area contributed by atoms with Gasteiger partial charge in [0.2, 0.25) is 10.0 Å². The number of methoxy groups -OCH3 is 1. The van der Waals surface area contributed by atoms with Crippen LogP contribution in [0.3, 0.4) is 0 Å². The molecule has 0 aliphatic carbocycles. The summed E-state index contributed by atoms with van der Waals surface area (Å²) in [5.74, 6) is -2.57. The first kappa shape index (κ1) is 23.0. The Kier molecular flexibility index (Phi) is 8.36. The molecule has 1 aromatic carbocycles. The molecule has 7 nitrogen and oxygen atoms in total. The number of hydrogen-bond donors (Lipinski definition) is 0. The van der Waals surface area contributed by atoms with Crippen LogP contribution in [0.1, 0.15) is 38.1 Å². The Morgan fingerprint density at radius 2 is 1.74 bits per heavy atom. The lowest BCUT2D eigenvalue weighted by atomic mass is 10.1. The van der Waals surface area contributed by atoms with E-state index in [9.17, 15) is 22.4 Å². The van der Waals surface area contributed by atoms with Crippen molar-refractivity contribution in [2.24, 2.45) is 5.92 Å². The topological polar surface area (TPSA) is 84.0 Å². The number of benzene rings is 1. The maximum atomic E-state index is 14.3. The number of rotatable bonds is 9. The molecule has 1 unspecified atom stereocenters. The van der Waals surface area contributed by atoms with E-state index < -0.39 is 33.6 Å². The number of ether oxygens (including phenoxy) is 1. The molecule has 0 aliphatic rings. The lowest BCUT2D eigenvalue weighted by Crippen LogP contribution is -2.37. The fourth-order valence-electron chi connectivity index (χ4n) is 2.67. The number of amides is 1. The van der Waals surface area contributed by atoms with Gasteiger partial charge < -0.3 is 9.64 Å². The van der Waals surface area contributed by atoms with Gasteiger partial charge in [0.1, 0.15) is 5.82 Å². The number of carbonyl (C=O) groups excluding carboxylic acids is 2. The highest BCUT2D eigenvalue weighted by Gasteiger charge is 2.27. The number of nitrogens with zero attached hydrogens (tertiary/aromatic N) is 2. The maximum Gasteiger partial charge on any atom is 0.310 e. The minimum Gasteiger partial charge on any atom is -0.469 e. The van der Waals surface area contributed by atoms with E-state index in [0.717, 1.165) is 18.2 Å². The van der Waals surface area contributed by atoms with Gasteiger partial charge in [-0.25, -0.2) is 12.8 Å². The molecule has 0 N–H and O–H groups in total. The quantitative estimate of drug-likeness (QED) is 0.591. The van der Waals surface area contributed by atoms with E-state index in [1.807, 2.05) is 0 Å². The second-order valence-corrected chi connectivity index (χ2v) is 7.94. The summed E-state index contributed by atoms with van der Waals surface area (Å²) >= 11 is 0. The molecule has 152 valence electrons. The van der Waals surface area contributed by atoms with Crippen LogP contribution in [0.4, 0.5) is 4.39 Å². The van der Waals surface area contributed by atoms with E-state index in [-0.39, 0.29) is 36.6 Å². The molecule has 0 aliphatic heterocycles. The highest BCUT2D eigenvalue weighted by molar-refractivity contribution is 7.89. The highest BCUT2D eigenvalue weighted by Crippen LogP contribution is 2.21. The van der Waals surface area contributed by atoms with Crippen LogP contribution in [-0.4, -0.2) is 62.8 Å². The van der Waals surface area contributed by atoms with Crippen molar-refractivity contribution < 1.29 is 27.1 Å². The van der Waals surface area contributed by atoms with E-state index >= 15 is 0 Å². The van der Waals surface area contributed by atoms with Crippen molar-refractivity contribution in [3.63, 3.8) is 0 Å². The summed E-state index contributed by atoms with van der Waals surface area (Å²) in [5.41, 5.74) is -0.345. The average molecular weight is 402 g/mol. The number of esters is 1. The third kappa shape index (κ3) is 5.26. The predicted octanol–water partition coefficient (Wildman–Crippen LogP) is 2.13. The van der Waals surface area contributed by atoms with Gasteiger partial charge in [0.05, 0.1) is 23.5 Å². The zero-order chi connectivity index (χ0) is 20.8. The van der Waals surface area contributed by atoms with Gasteiger partial charge in [0, 0.05) is 26.2 Å². The molecule has 0 saturated carbocycles. The van der Waals surface area contributed by atoms with Crippen molar-refractivity contribution >= 4 is 21.9 Å². The largest absolute Gasteiger partial charge is 0.469 e. The first-order valence-corrected chi connectivity index (χ1v) is 10.2. The zero-order valence-corrected chi connectivity index (χ0v) is 17.2. The highest BCUT2D eigenvalue weighted by atomic mass is 32.2. The lowest BCUT2D eigenvalue weighted by Gasteiger charge is -2.24. The molecule has 1 amide bonds. The van der Waals surface area contributed by atoms with Crippen molar-refractivity contribution in [3.05, 3.63) is 29.6 Å². The minimum atomic E-state index is -3.83. The van der Waals surface area contributed by atoms with Crippen LogP contribution in [-0.2, 0) is 19.6 Å². The van der Waals surface area contributed by atoms with Gasteiger partial charge in [-0.3, -0.25) is 9.59 Å². The van der Waals surface area contributed by atoms with Gasteiger partial charge in [-0.1, -0.05) is 20.8 Å². The monoisotopic (exact) mass is 402 g/mol. The summed E-state index contributed by atoms with van der Waals surface area (Å²) in [6, 6.07) is 3.17. The van der Waals surface area contributed by atoms with Crippen molar-refractivity contribution in [1.29, 1.82) is 0 Å². The van der Waals surface area contributed by atoms with Crippen LogP contribution in [0.5, 0.6) is 0 Å². The summed E-state index contributed by atoms with van der Waals surface area (Å²) in [5, 5.41) is 0. The van der Waals surface area contributed by atoms with Gasteiger partial charge in [-0.05, 0) is 25.1 Å². The molecule has 9 heteroatoms. The van der Waals surface area contributed by atoms with Crippen LogP contribution >= 0.6 is 0 Å². The summed E-state index contributed by atoms with van der Waals surface area (Å²) < 4.78 is 45.4. The van der Waals surface area contributed by atoms with Crippen LogP contribution in [0, 0.1) is 11.7 Å². The van der Waals surface area contributed by atoms with Crippen LogP contribution in [0.15, 0.2) is 23.1 Å². The smallest absolute Gasteiger partial charge is 0.310 e. The van der Waals surface area contributed by atoms with E-state index in [2.05, 4.69) is 4.74 Å². The Bertz CT molecular complexity index is 778. The van der Waals surface area contributed by atoms with Crippen molar-refractivity contribution in [2.45, 2.75) is 32.6 Å². The van der Waals surface area contributed by atoms with Crippen molar-refractivity contribution in [2.75, 3.05) is 33.3 Å². The van der Waals surface area contributed by atoms with Gasteiger partial charge in [-0.15, -0.1) is 0 Å². The molecule has 1 aromatic rings. The van der Waals surface area contributed by atoms with Gasteiger partial charge in [0.15, 0.2) is 0 Å². The van der Waals surface area contributed by atoms with Gasteiger partial charge >= 0.3 is 5.97 Å². The standard InChI is InChI=1S/C18H27FN2O5S/c1-6-20(12-13(4)18(23)26-5)17(22)15-11-14(9-10-16(15)19)27(24,25)21(7-2)8-3/h9-11,13H,6-8,12H2,1-5H3. The molecule has 0 aromatic heterocycles. The first-order valence-electron chi connectivity index (χ1n) is 8.80. The molecule has 0 heterocycles. The molecule has 0 fully saturated rings. The fraction of sp³-hybridized carbons (Fsp3) is 0.556. The third-order valence-electron chi connectivity index (χ3n) is 4.28. The molecular formula is C18H27FN2O5S. The fourth-order valence-corrected chi connectivity index (χ4v) is 4.16.